The first-order valence-electron chi connectivity index (χ1n) is 10.3. The number of hydrogen-bond donors (Lipinski definition) is 1. The van der Waals surface area contributed by atoms with E-state index in [1.54, 1.807) is 24.3 Å². The van der Waals surface area contributed by atoms with Crippen LogP contribution in [0.3, 0.4) is 0 Å². The molecule has 2 atom stereocenters. The number of carbonyl (C=O) groups is 1. The van der Waals surface area contributed by atoms with Gasteiger partial charge in [0.2, 0.25) is 0 Å². The van der Waals surface area contributed by atoms with Crippen molar-refractivity contribution < 1.29 is 13.2 Å². The van der Waals surface area contributed by atoms with Gasteiger partial charge in [-0.05, 0) is 61.4 Å². The number of fused-ring (bicyclic) bond motifs is 2. The molecule has 2 aromatic carbocycles. The van der Waals surface area contributed by atoms with Crippen molar-refractivity contribution in [2.45, 2.75) is 67.7 Å². The molecule has 0 saturated carbocycles. The zero-order valence-electron chi connectivity index (χ0n) is 16.9. The fraction of sp³-hybridized carbons (Fsp3) is 0.435. The monoisotopic (exact) mass is 412 g/mol. The summed E-state index contributed by atoms with van der Waals surface area (Å²) in [5.41, 5.74) is 2.01. The normalized spacial score (nSPS) is 24.0. The van der Waals surface area contributed by atoms with Gasteiger partial charge in [0.1, 0.15) is 0 Å². The molecular formula is C23H28N2O3S. The molecule has 29 heavy (non-hydrogen) atoms. The van der Waals surface area contributed by atoms with Gasteiger partial charge < -0.3 is 10.2 Å². The molecule has 2 fully saturated rings. The summed E-state index contributed by atoms with van der Waals surface area (Å²) in [6.45, 7) is 4.28. The minimum Gasteiger partial charge on any atom is -0.318 e. The van der Waals surface area contributed by atoms with E-state index in [-0.39, 0.29) is 18.1 Å². The molecule has 4 rings (SSSR count). The Morgan fingerprint density at radius 2 is 1.55 bits per heavy atom. The molecule has 2 bridgehead atoms. The van der Waals surface area contributed by atoms with Crippen molar-refractivity contribution >= 4 is 21.6 Å². The van der Waals surface area contributed by atoms with Crippen LogP contribution in [0.1, 0.15) is 51.0 Å². The Balaban J connectivity index is 1.46. The van der Waals surface area contributed by atoms with Crippen LogP contribution in [0, 0.1) is 0 Å². The Bertz CT molecular complexity index is 957. The number of anilines is 1. The molecule has 0 radical (unpaired) electrons. The summed E-state index contributed by atoms with van der Waals surface area (Å²) in [4.78, 5) is 15.2. The van der Waals surface area contributed by atoms with Crippen LogP contribution < -0.4 is 5.32 Å². The fourth-order valence-corrected chi connectivity index (χ4v) is 6.53. The molecule has 154 valence electrons. The average Bonchev–Trinajstić information content (AvgIpc) is 2.98. The van der Waals surface area contributed by atoms with Gasteiger partial charge in [0.25, 0.3) is 0 Å². The lowest BCUT2D eigenvalue weighted by Crippen LogP contribution is -2.51. The second kappa shape index (κ2) is 7.82. The number of benzene rings is 2. The van der Waals surface area contributed by atoms with E-state index in [4.69, 9.17) is 0 Å². The highest BCUT2D eigenvalue weighted by Gasteiger charge is 2.47. The first-order chi connectivity index (χ1) is 13.9. The molecule has 1 N–H and O–H groups in total. The van der Waals surface area contributed by atoms with Crippen LogP contribution in [0.15, 0.2) is 59.5 Å². The van der Waals surface area contributed by atoms with Crippen LogP contribution in [0.2, 0.25) is 0 Å². The van der Waals surface area contributed by atoms with Gasteiger partial charge in [-0.2, -0.15) is 0 Å². The maximum Gasteiger partial charge on any atom is 0.322 e. The summed E-state index contributed by atoms with van der Waals surface area (Å²) >= 11 is 0. The number of sulfone groups is 1. The summed E-state index contributed by atoms with van der Waals surface area (Å²) in [5, 5.41) is 2.58. The third kappa shape index (κ3) is 3.90. The lowest BCUT2D eigenvalue weighted by molar-refractivity contribution is 0.160. The lowest BCUT2D eigenvalue weighted by atomic mass is 10.0. The van der Waals surface area contributed by atoms with Crippen LogP contribution in [-0.4, -0.2) is 36.7 Å². The molecule has 2 unspecified atom stereocenters. The number of nitrogens with zero attached hydrogens (tertiary/aromatic N) is 1. The molecule has 2 aliphatic heterocycles. The van der Waals surface area contributed by atoms with Gasteiger partial charge in [-0.1, -0.05) is 44.2 Å². The zero-order valence-corrected chi connectivity index (χ0v) is 17.7. The number of rotatable bonds is 4. The second-order valence-electron chi connectivity index (χ2n) is 8.45. The number of carbonyl (C=O) groups excluding carboxylic acids is 1. The van der Waals surface area contributed by atoms with Crippen molar-refractivity contribution in [3.05, 3.63) is 60.2 Å². The number of urea groups is 1. The smallest absolute Gasteiger partial charge is 0.318 e. The van der Waals surface area contributed by atoms with E-state index >= 15 is 0 Å². The lowest BCUT2D eigenvalue weighted by Gasteiger charge is -2.38. The molecule has 2 aromatic rings. The van der Waals surface area contributed by atoms with Crippen LogP contribution in [0.5, 0.6) is 0 Å². The SMILES string of the molecule is CC(C)c1ccc(NC(=O)N2C3CCC2CC(S(=O)(=O)c2ccccc2)C3)cc1. The molecule has 2 saturated heterocycles. The predicted octanol–water partition coefficient (Wildman–Crippen LogP) is 4.81. The van der Waals surface area contributed by atoms with E-state index in [9.17, 15) is 13.2 Å². The van der Waals surface area contributed by atoms with E-state index in [1.165, 1.54) is 5.56 Å². The van der Waals surface area contributed by atoms with Gasteiger partial charge in [-0.15, -0.1) is 0 Å². The molecular weight excluding hydrogens is 384 g/mol. The number of hydrogen-bond acceptors (Lipinski definition) is 3. The Morgan fingerprint density at radius 1 is 0.966 bits per heavy atom. The quantitative estimate of drug-likeness (QED) is 0.783. The van der Waals surface area contributed by atoms with Gasteiger partial charge in [0.05, 0.1) is 10.1 Å². The molecule has 0 aromatic heterocycles. The summed E-state index contributed by atoms with van der Waals surface area (Å²) in [6, 6.07) is 16.4. The van der Waals surface area contributed by atoms with Crippen molar-refractivity contribution in [1.82, 2.24) is 4.90 Å². The minimum absolute atomic E-state index is 0.0211. The van der Waals surface area contributed by atoms with Gasteiger partial charge in [0, 0.05) is 17.8 Å². The maximum atomic E-state index is 13.0. The summed E-state index contributed by atoms with van der Waals surface area (Å²) in [7, 11) is -3.37. The van der Waals surface area contributed by atoms with Gasteiger partial charge >= 0.3 is 6.03 Å². The van der Waals surface area contributed by atoms with Crippen LogP contribution in [-0.2, 0) is 9.84 Å². The van der Waals surface area contributed by atoms with Crippen LogP contribution >= 0.6 is 0 Å². The Kier molecular flexibility index (Phi) is 5.38. The standard InChI is InChI=1S/C23H28N2O3S/c1-16(2)17-8-10-18(11-9-17)24-23(26)25-19-12-13-20(25)15-22(14-19)29(27,28)21-6-4-3-5-7-21/h3-11,16,19-20,22H,12-15H2,1-2H3,(H,24,26). The van der Waals surface area contributed by atoms with Crippen molar-refractivity contribution in [2.24, 2.45) is 0 Å². The minimum atomic E-state index is -3.37. The first kappa shape index (κ1) is 20.0. The van der Waals surface area contributed by atoms with E-state index in [2.05, 4.69) is 19.2 Å². The fourth-order valence-electron chi connectivity index (χ4n) is 4.65. The Morgan fingerprint density at radius 3 is 2.10 bits per heavy atom. The molecule has 2 aliphatic rings. The molecule has 0 spiro atoms. The average molecular weight is 413 g/mol. The zero-order chi connectivity index (χ0) is 20.6. The number of nitrogens with one attached hydrogen (secondary N) is 1. The van der Waals surface area contributed by atoms with Crippen molar-refractivity contribution in [3.8, 4) is 0 Å². The summed E-state index contributed by atoms with van der Waals surface area (Å²) in [6.07, 6.45) is 2.75. The van der Waals surface area contributed by atoms with Gasteiger partial charge in [-0.25, -0.2) is 13.2 Å². The molecule has 0 aliphatic carbocycles. The van der Waals surface area contributed by atoms with Gasteiger partial charge in [0.15, 0.2) is 9.84 Å². The van der Waals surface area contributed by atoms with E-state index in [0.717, 1.165) is 18.5 Å². The Labute approximate surface area is 173 Å². The topological polar surface area (TPSA) is 66.5 Å². The van der Waals surface area contributed by atoms with Crippen LogP contribution in [0.25, 0.3) is 0 Å². The number of piperidine rings is 1. The van der Waals surface area contributed by atoms with E-state index in [1.807, 2.05) is 35.2 Å². The Hall–Kier alpha value is -2.34. The van der Waals surface area contributed by atoms with E-state index < -0.39 is 15.1 Å². The van der Waals surface area contributed by atoms with E-state index in [0.29, 0.717) is 23.7 Å². The molecule has 2 amide bonds. The van der Waals surface area contributed by atoms with Crippen molar-refractivity contribution in [2.75, 3.05) is 5.32 Å². The third-order valence-corrected chi connectivity index (χ3v) is 8.46. The van der Waals surface area contributed by atoms with Gasteiger partial charge in [-0.3, -0.25) is 0 Å². The van der Waals surface area contributed by atoms with Crippen LogP contribution in [0.4, 0.5) is 10.5 Å². The molecule has 6 heteroatoms. The second-order valence-corrected chi connectivity index (χ2v) is 10.7. The highest BCUT2D eigenvalue weighted by molar-refractivity contribution is 7.92. The molecule has 5 nitrogen and oxygen atoms in total. The van der Waals surface area contributed by atoms with Crippen molar-refractivity contribution in [3.63, 3.8) is 0 Å². The van der Waals surface area contributed by atoms with Crippen molar-refractivity contribution in [1.29, 1.82) is 0 Å². The largest absolute Gasteiger partial charge is 0.322 e. The first-order valence-corrected chi connectivity index (χ1v) is 11.9. The highest BCUT2D eigenvalue weighted by atomic mass is 32.2. The predicted molar refractivity (Wildman–Crippen MR) is 115 cm³/mol. The maximum absolute atomic E-state index is 13.0. The highest BCUT2D eigenvalue weighted by Crippen LogP contribution is 2.40. The number of amides is 2. The summed E-state index contributed by atoms with van der Waals surface area (Å²) in [5.74, 6) is 0.446. The molecule has 2 heterocycles. The third-order valence-electron chi connectivity index (χ3n) is 6.26. The summed E-state index contributed by atoms with van der Waals surface area (Å²) < 4.78 is 26.1.